The molecule has 1 aromatic heterocycles. The standard InChI is InChI=1S/C30H36N2O3/c1-3-5-7-8-9-11-21-34-27-19-17-25(18-20-27)28-22-32-29(23-31-28)35-30(33)26-15-13-24(14-16-26)12-10-6-4-2/h4,13-20,22-23H,2-3,5-12,21H2,1H3. The number of rotatable bonds is 15. The molecule has 0 amide bonds. The average Bonchev–Trinajstić information content (AvgIpc) is 2.89. The second kappa shape index (κ2) is 14.7. The molecule has 2 aromatic carbocycles. The highest BCUT2D eigenvalue weighted by molar-refractivity contribution is 5.90. The van der Waals surface area contributed by atoms with Gasteiger partial charge in [-0.3, -0.25) is 0 Å². The lowest BCUT2D eigenvalue weighted by Crippen LogP contribution is -2.09. The van der Waals surface area contributed by atoms with Crippen LogP contribution in [-0.4, -0.2) is 22.5 Å². The summed E-state index contributed by atoms with van der Waals surface area (Å²) in [5.74, 6) is 0.580. The zero-order valence-electron chi connectivity index (χ0n) is 20.7. The number of aryl methyl sites for hydroxylation is 1. The van der Waals surface area contributed by atoms with E-state index < -0.39 is 5.97 Å². The molecule has 184 valence electrons. The summed E-state index contributed by atoms with van der Waals surface area (Å²) in [7, 11) is 0. The number of hydrogen-bond acceptors (Lipinski definition) is 5. The van der Waals surface area contributed by atoms with Crippen LogP contribution in [0.15, 0.2) is 73.6 Å². The molecule has 5 heteroatoms. The number of unbranched alkanes of at least 4 members (excludes halogenated alkanes) is 6. The van der Waals surface area contributed by atoms with Crippen molar-refractivity contribution >= 4 is 5.97 Å². The largest absolute Gasteiger partial charge is 0.494 e. The number of allylic oxidation sites excluding steroid dienone is 1. The van der Waals surface area contributed by atoms with Gasteiger partial charge in [-0.15, -0.1) is 6.58 Å². The number of esters is 1. The molecule has 5 nitrogen and oxygen atoms in total. The van der Waals surface area contributed by atoms with E-state index in [1.54, 1.807) is 18.3 Å². The van der Waals surface area contributed by atoms with E-state index in [9.17, 15) is 4.79 Å². The molecule has 0 saturated heterocycles. The molecule has 0 unspecified atom stereocenters. The fourth-order valence-electron chi connectivity index (χ4n) is 3.72. The van der Waals surface area contributed by atoms with Gasteiger partial charge in [0.05, 0.1) is 30.3 Å². The third-order valence-corrected chi connectivity index (χ3v) is 5.81. The van der Waals surface area contributed by atoms with Gasteiger partial charge < -0.3 is 9.47 Å². The van der Waals surface area contributed by atoms with Gasteiger partial charge in [-0.1, -0.05) is 57.2 Å². The Hall–Kier alpha value is -3.47. The first kappa shape index (κ1) is 26.1. The molecule has 0 aliphatic heterocycles. The Labute approximate surface area is 209 Å². The molecular formula is C30H36N2O3. The van der Waals surface area contributed by atoms with Crippen LogP contribution >= 0.6 is 0 Å². The Bertz CT molecular complexity index is 1030. The predicted molar refractivity (Wildman–Crippen MR) is 141 cm³/mol. The minimum Gasteiger partial charge on any atom is -0.494 e. The highest BCUT2D eigenvalue weighted by Gasteiger charge is 2.10. The molecule has 0 aliphatic rings. The van der Waals surface area contributed by atoms with Crippen LogP contribution in [0.5, 0.6) is 11.6 Å². The van der Waals surface area contributed by atoms with Crippen molar-refractivity contribution in [3.05, 3.63) is 84.7 Å². The molecule has 0 bridgehead atoms. The molecule has 0 N–H and O–H groups in total. The van der Waals surface area contributed by atoms with Gasteiger partial charge in [-0.2, -0.15) is 0 Å². The lowest BCUT2D eigenvalue weighted by molar-refractivity contribution is 0.0727. The van der Waals surface area contributed by atoms with Gasteiger partial charge in [-0.05, 0) is 67.6 Å². The first-order chi connectivity index (χ1) is 17.2. The minimum absolute atomic E-state index is 0.174. The van der Waals surface area contributed by atoms with Crippen LogP contribution in [0.3, 0.4) is 0 Å². The molecule has 0 saturated carbocycles. The average molecular weight is 473 g/mol. The van der Waals surface area contributed by atoms with Gasteiger partial charge in [0.25, 0.3) is 0 Å². The van der Waals surface area contributed by atoms with Crippen molar-refractivity contribution in [1.29, 1.82) is 0 Å². The van der Waals surface area contributed by atoms with E-state index in [2.05, 4.69) is 23.5 Å². The monoisotopic (exact) mass is 472 g/mol. The fraction of sp³-hybridized carbons (Fsp3) is 0.367. The van der Waals surface area contributed by atoms with Crippen LogP contribution in [0.25, 0.3) is 11.3 Å². The Balaban J connectivity index is 1.46. The summed E-state index contributed by atoms with van der Waals surface area (Å²) in [5.41, 5.74) is 3.30. The quantitative estimate of drug-likeness (QED) is 0.129. The maximum absolute atomic E-state index is 12.4. The summed E-state index contributed by atoms with van der Waals surface area (Å²) < 4.78 is 11.2. The van der Waals surface area contributed by atoms with Crippen molar-refractivity contribution in [2.45, 2.75) is 64.7 Å². The minimum atomic E-state index is -0.448. The van der Waals surface area contributed by atoms with Gasteiger partial charge in [0.2, 0.25) is 5.88 Å². The predicted octanol–water partition coefficient (Wildman–Crippen LogP) is 7.61. The molecular weight excluding hydrogens is 436 g/mol. The first-order valence-electron chi connectivity index (χ1n) is 12.7. The van der Waals surface area contributed by atoms with Crippen molar-refractivity contribution in [3.63, 3.8) is 0 Å². The third-order valence-electron chi connectivity index (χ3n) is 5.81. The topological polar surface area (TPSA) is 61.3 Å². The number of ether oxygens (including phenoxy) is 2. The number of carbonyl (C=O) groups is 1. The molecule has 0 spiro atoms. The Morgan fingerprint density at radius 2 is 1.63 bits per heavy atom. The number of benzene rings is 2. The third kappa shape index (κ3) is 9.01. The Morgan fingerprint density at radius 3 is 2.31 bits per heavy atom. The highest BCUT2D eigenvalue weighted by atomic mass is 16.5. The molecule has 0 aliphatic carbocycles. The molecule has 1 heterocycles. The number of aromatic nitrogens is 2. The Morgan fingerprint density at radius 1 is 0.886 bits per heavy atom. The molecule has 3 aromatic rings. The number of carbonyl (C=O) groups excluding carboxylic acids is 1. The van der Waals surface area contributed by atoms with Crippen LogP contribution in [0.4, 0.5) is 0 Å². The SMILES string of the molecule is C=CCCCc1ccc(C(=O)Oc2cnc(-c3ccc(OCCCCCCCC)cc3)cn2)cc1. The molecule has 0 radical (unpaired) electrons. The maximum Gasteiger partial charge on any atom is 0.344 e. The molecule has 35 heavy (non-hydrogen) atoms. The van der Waals surface area contributed by atoms with Crippen molar-refractivity contribution in [2.75, 3.05) is 6.61 Å². The summed E-state index contributed by atoms with van der Waals surface area (Å²) >= 11 is 0. The van der Waals surface area contributed by atoms with Gasteiger partial charge in [0.1, 0.15) is 5.75 Å². The van der Waals surface area contributed by atoms with Crippen molar-refractivity contribution in [1.82, 2.24) is 9.97 Å². The van der Waals surface area contributed by atoms with Gasteiger partial charge >= 0.3 is 5.97 Å². The van der Waals surface area contributed by atoms with Crippen LogP contribution < -0.4 is 9.47 Å². The number of hydrogen-bond donors (Lipinski definition) is 0. The normalized spacial score (nSPS) is 10.7. The van der Waals surface area contributed by atoms with Gasteiger partial charge in [-0.25, -0.2) is 14.8 Å². The summed E-state index contributed by atoms with van der Waals surface area (Å²) in [6, 6.07) is 15.3. The maximum atomic E-state index is 12.4. The summed E-state index contributed by atoms with van der Waals surface area (Å²) in [6.45, 7) is 6.71. The van der Waals surface area contributed by atoms with Gasteiger partial charge in [0, 0.05) is 5.56 Å². The van der Waals surface area contributed by atoms with Crippen LogP contribution in [0.1, 0.15) is 74.2 Å². The van der Waals surface area contributed by atoms with Crippen LogP contribution in [0.2, 0.25) is 0 Å². The van der Waals surface area contributed by atoms with Crippen molar-refractivity contribution in [3.8, 4) is 22.9 Å². The lowest BCUT2D eigenvalue weighted by atomic mass is 10.1. The van der Waals surface area contributed by atoms with Crippen molar-refractivity contribution in [2.24, 2.45) is 0 Å². The van der Waals surface area contributed by atoms with E-state index in [0.717, 1.165) is 43.6 Å². The molecule has 0 atom stereocenters. The second-order valence-electron chi connectivity index (χ2n) is 8.65. The van der Waals surface area contributed by atoms with Gasteiger partial charge in [0.15, 0.2) is 0 Å². The summed E-state index contributed by atoms with van der Waals surface area (Å²) in [6.07, 6.45) is 15.5. The molecule has 3 rings (SSSR count). The van der Waals surface area contributed by atoms with Crippen LogP contribution in [-0.2, 0) is 6.42 Å². The summed E-state index contributed by atoms with van der Waals surface area (Å²) in [4.78, 5) is 21.1. The molecule has 0 fully saturated rings. The van der Waals surface area contributed by atoms with E-state index >= 15 is 0 Å². The van der Waals surface area contributed by atoms with E-state index in [1.165, 1.54) is 43.9 Å². The number of nitrogens with zero attached hydrogens (tertiary/aromatic N) is 2. The van der Waals surface area contributed by atoms with Crippen LogP contribution in [0, 0.1) is 0 Å². The first-order valence-corrected chi connectivity index (χ1v) is 12.7. The second-order valence-corrected chi connectivity index (χ2v) is 8.65. The Kier molecular flexibility index (Phi) is 11.0. The van der Waals surface area contributed by atoms with E-state index in [0.29, 0.717) is 11.3 Å². The lowest BCUT2D eigenvalue weighted by Gasteiger charge is -2.08. The van der Waals surface area contributed by atoms with E-state index in [-0.39, 0.29) is 5.88 Å². The van der Waals surface area contributed by atoms with E-state index in [4.69, 9.17) is 9.47 Å². The highest BCUT2D eigenvalue weighted by Crippen LogP contribution is 2.22. The van der Waals surface area contributed by atoms with E-state index in [1.807, 2.05) is 42.5 Å². The van der Waals surface area contributed by atoms with Crippen molar-refractivity contribution < 1.29 is 14.3 Å². The zero-order valence-corrected chi connectivity index (χ0v) is 20.7. The fourth-order valence-corrected chi connectivity index (χ4v) is 3.72. The summed E-state index contributed by atoms with van der Waals surface area (Å²) in [5, 5.41) is 0. The smallest absolute Gasteiger partial charge is 0.344 e. The zero-order chi connectivity index (χ0) is 24.7.